The first-order valence-electron chi connectivity index (χ1n) is 8.66. The zero-order chi connectivity index (χ0) is 15.6. The highest BCUT2D eigenvalue weighted by Crippen LogP contribution is 2.62. The maximum Gasteiger partial charge on any atom is 0.125 e. The molecule has 0 amide bonds. The zero-order valence-electron chi connectivity index (χ0n) is 13.5. The molecule has 1 aromatic rings. The van der Waals surface area contributed by atoms with E-state index in [2.05, 4.69) is 6.92 Å². The monoisotopic (exact) mass is 302 g/mol. The maximum absolute atomic E-state index is 10.6. The number of aliphatic hydroxyl groups excluding tert-OH is 1. The molecule has 0 spiro atoms. The lowest BCUT2D eigenvalue weighted by Crippen LogP contribution is -2.43. The van der Waals surface area contributed by atoms with Gasteiger partial charge in [-0.1, -0.05) is 6.92 Å². The topological polar surface area (TPSA) is 60.7 Å². The molecule has 2 saturated carbocycles. The van der Waals surface area contributed by atoms with Crippen LogP contribution in [0.25, 0.3) is 0 Å². The van der Waals surface area contributed by atoms with Crippen LogP contribution in [0, 0.1) is 24.2 Å². The number of aliphatic hydroxyl groups is 1. The molecule has 22 heavy (non-hydrogen) atoms. The fourth-order valence-electron chi connectivity index (χ4n) is 5.79. The van der Waals surface area contributed by atoms with Crippen LogP contribution < -0.4 is 0 Å². The molecule has 3 N–H and O–H groups in total. The second-order valence-corrected chi connectivity index (χ2v) is 8.00. The molecule has 0 saturated heterocycles. The molecule has 0 heterocycles. The Morgan fingerprint density at radius 1 is 1.14 bits per heavy atom. The number of rotatable bonds is 0. The number of phenolic OH excluding ortho intramolecular Hbond substituents is 2. The summed E-state index contributed by atoms with van der Waals surface area (Å²) in [4.78, 5) is 0. The lowest BCUT2D eigenvalue weighted by Gasteiger charge is -2.50. The molecule has 4 rings (SSSR count). The first kappa shape index (κ1) is 14.4. The van der Waals surface area contributed by atoms with Gasteiger partial charge in [-0.15, -0.1) is 0 Å². The molecule has 0 bridgehead atoms. The molecule has 0 radical (unpaired) electrons. The van der Waals surface area contributed by atoms with Crippen LogP contribution >= 0.6 is 0 Å². The second-order valence-electron chi connectivity index (χ2n) is 8.00. The molecule has 3 heteroatoms. The van der Waals surface area contributed by atoms with Crippen molar-refractivity contribution >= 4 is 0 Å². The van der Waals surface area contributed by atoms with Gasteiger partial charge in [0.2, 0.25) is 0 Å². The predicted molar refractivity (Wildman–Crippen MR) is 85.1 cm³/mol. The zero-order valence-corrected chi connectivity index (χ0v) is 13.5. The maximum atomic E-state index is 10.6. The van der Waals surface area contributed by atoms with E-state index in [0.717, 1.165) is 49.7 Å². The summed E-state index contributed by atoms with van der Waals surface area (Å²) in [5.74, 6) is 2.06. The molecule has 120 valence electrons. The summed E-state index contributed by atoms with van der Waals surface area (Å²) in [5, 5.41) is 31.0. The van der Waals surface area contributed by atoms with Crippen LogP contribution in [0.2, 0.25) is 0 Å². The fourth-order valence-corrected chi connectivity index (χ4v) is 5.79. The number of hydrogen-bond donors (Lipinski definition) is 3. The van der Waals surface area contributed by atoms with E-state index in [4.69, 9.17) is 0 Å². The van der Waals surface area contributed by atoms with Gasteiger partial charge in [-0.25, -0.2) is 0 Å². The highest BCUT2D eigenvalue weighted by Gasteiger charge is 2.54. The highest BCUT2D eigenvalue weighted by atomic mass is 16.3. The molecular weight excluding hydrogens is 276 g/mol. The lowest BCUT2D eigenvalue weighted by atomic mass is 9.55. The average molecular weight is 302 g/mol. The molecule has 3 nitrogen and oxygen atoms in total. The molecule has 5 atom stereocenters. The van der Waals surface area contributed by atoms with Crippen molar-refractivity contribution in [1.82, 2.24) is 0 Å². The van der Waals surface area contributed by atoms with Gasteiger partial charge in [0.25, 0.3) is 0 Å². The molecular formula is C19H26O3. The van der Waals surface area contributed by atoms with Gasteiger partial charge in [0.1, 0.15) is 11.5 Å². The smallest absolute Gasteiger partial charge is 0.125 e. The molecule has 1 aromatic carbocycles. The van der Waals surface area contributed by atoms with Crippen molar-refractivity contribution in [2.45, 2.75) is 64.4 Å². The highest BCUT2D eigenvalue weighted by molar-refractivity contribution is 5.55. The first-order chi connectivity index (χ1) is 10.4. The summed E-state index contributed by atoms with van der Waals surface area (Å²) < 4.78 is 0. The summed E-state index contributed by atoms with van der Waals surface area (Å²) in [6.45, 7) is 4.06. The largest absolute Gasteiger partial charge is 0.508 e. The second kappa shape index (κ2) is 4.64. The first-order valence-corrected chi connectivity index (χ1v) is 8.66. The molecule has 0 aromatic heterocycles. The number of aryl methyl sites for hydroxylation is 1. The molecule has 3 aliphatic rings. The van der Waals surface area contributed by atoms with Gasteiger partial charge >= 0.3 is 0 Å². The van der Waals surface area contributed by atoms with E-state index in [1.807, 2.05) is 6.07 Å². The normalized spacial score (nSPS) is 40.0. The molecule has 2 fully saturated rings. The van der Waals surface area contributed by atoms with Crippen molar-refractivity contribution in [2.75, 3.05) is 0 Å². The van der Waals surface area contributed by atoms with E-state index in [1.54, 1.807) is 6.92 Å². The third kappa shape index (κ3) is 1.72. The van der Waals surface area contributed by atoms with Crippen LogP contribution in [-0.2, 0) is 6.42 Å². The van der Waals surface area contributed by atoms with Crippen molar-refractivity contribution in [1.29, 1.82) is 0 Å². The Morgan fingerprint density at radius 2 is 1.91 bits per heavy atom. The van der Waals surface area contributed by atoms with Crippen molar-refractivity contribution < 1.29 is 15.3 Å². The quantitative estimate of drug-likeness (QED) is 0.686. The van der Waals surface area contributed by atoms with Crippen LogP contribution in [0.5, 0.6) is 11.5 Å². The third-order valence-corrected chi connectivity index (χ3v) is 7.16. The minimum absolute atomic E-state index is 0.0697. The Morgan fingerprint density at radius 3 is 2.68 bits per heavy atom. The van der Waals surface area contributed by atoms with Crippen LogP contribution in [0.15, 0.2) is 6.07 Å². The van der Waals surface area contributed by atoms with Crippen LogP contribution in [-0.4, -0.2) is 21.4 Å². The summed E-state index contributed by atoms with van der Waals surface area (Å²) in [7, 11) is 0. The standard InChI is InChI=1S/C19H26O3/c1-10-15(20)9-11-3-4-12-13(17(11)18(10)22)7-8-19(2)14(12)5-6-16(19)21/h9,12-14,16,20-22H,3-8H2,1-2H3/t12-,13-,14-,16-,19-/m0/s1. The Kier molecular flexibility index (Phi) is 3.03. The van der Waals surface area contributed by atoms with Gasteiger partial charge in [-0.2, -0.15) is 0 Å². The van der Waals surface area contributed by atoms with Crippen molar-refractivity contribution in [2.24, 2.45) is 17.3 Å². The summed E-state index contributed by atoms with van der Waals surface area (Å²) >= 11 is 0. The number of benzene rings is 1. The van der Waals surface area contributed by atoms with Crippen LogP contribution in [0.1, 0.15) is 61.6 Å². The van der Waals surface area contributed by atoms with Crippen molar-refractivity contribution in [3.8, 4) is 11.5 Å². The van der Waals surface area contributed by atoms with Gasteiger partial charge < -0.3 is 15.3 Å². The van der Waals surface area contributed by atoms with E-state index in [9.17, 15) is 15.3 Å². The predicted octanol–water partition coefficient (Wildman–Crippen LogP) is 3.62. The minimum Gasteiger partial charge on any atom is -0.508 e. The summed E-state index contributed by atoms with van der Waals surface area (Å²) in [6, 6.07) is 1.86. The van der Waals surface area contributed by atoms with Gasteiger partial charge in [0.15, 0.2) is 0 Å². The number of aromatic hydroxyl groups is 2. The van der Waals surface area contributed by atoms with Gasteiger partial charge in [0, 0.05) is 11.1 Å². The van der Waals surface area contributed by atoms with Crippen LogP contribution in [0.3, 0.4) is 0 Å². The number of phenols is 2. The van der Waals surface area contributed by atoms with Gasteiger partial charge in [-0.3, -0.25) is 0 Å². The van der Waals surface area contributed by atoms with Crippen molar-refractivity contribution in [3.63, 3.8) is 0 Å². The Labute approximate surface area is 132 Å². The van der Waals surface area contributed by atoms with Gasteiger partial charge in [0.05, 0.1) is 6.10 Å². The SMILES string of the molecule is Cc1c(O)cc2c(c1O)[C@H]1CC[C@]3(C)[C@@H](O)CC[C@H]3[C@H]1CC2. The number of hydrogen-bond acceptors (Lipinski definition) is 3. The van der Waals surface area contributed by atoms with E-state index < -0.39 is 0 Å². The van der Waals surface area contributed by atoms with E-state index >= 15 is 0 Å². The third-order valence-electron chi connectivity index (χ3n) is 7.16. The Bertz CT molecular complexity index is 624. The molecule has 0 unspecified atom stereocenters. The van der Waals surface area contributed by atoms with E-state index in [0.29, 0.717) is 29.1 Å². The summed E-state index contributed by atoms with van der Waals surface area (Å²) in [6.07, 6.45) is 6.02. The molecule has 0 aliphatic heterocycles. The molecule has 3 aliphatic carbocycles. The van der Waals surface area contributed by atoms with Gasteiger partial charge in [-0.05, 0) is 80.2 Å². The van der Waals surface area contributed by atoms with E-state index in [1.165, 1.54) is 0 Å². The fraction of sp³-hybridized carbons (Fsp3) is 0.684. The van der Waals surface area contributed by atoms with Crippen LogP contribution in [0.4, 0.5) is 0 Å². The summed E-state index contributed by atoms with van der Waals surface area (Å²) in [5.41, 5.74) is 2.90. The Balaban J connectivity index is 1.78. The van der Waals surface area contributed by atoms with E-state index in [-0.39, 0.29) is 17.3 Å². The average Bonchev–Trinajstić information content (AvgIpc) is 2.80. The lowest BCUT2D eigenvalue weighted by molar-refractivity contribution is -0.0229. The Hall–Kier alpha value is -1.22. The minimum atomic E-state index is -0.157. The number of fused-ring (bicyclic) bond motifs is 5. The van der Waals surface area contributed by atoms with Crippen molar-refractivity contribution in [3.05, 3.63) is 22.8 Å².